The van der Waals surface area contributed by atoms with Crippen molar-refractivity contribution in [2.75, 3.05) is 13.2 Å². The molecule has 0 bridgehead atoms. The molecule has 28 heavy (non-hydrogen) atoms. The molecule has 0 aliphatic carbocycles. The van der Waals surface area contributed by atoms with E-state index in [1.807, 2.05) is 61.5 Å². The molecule has 0 unspecified atom stereocenters. The Morgan fingerprint density at radius 1 is 1.07 bits per heavy atom. The van der Waals surface area contributed by atoms with E-state index in [1.165, 1.54) is 0 Å². The van der Waals surface area contributed by atoms with Crippen LogP contribution >= 0.6 is 0 Å². The summed E-state index contributed by atoms with van der Waals surface area (Å²) in [6.07, 6.45) is 0.924. The number of benzene rings is 2. The second kappa shape index (κ2) is 8.42. The number of hydrogen-bond donors (Lipinski definition) is 1. The summed E-state index contributed by atoms with van der Waals surface area (Å²) in [6, 6.07) is 17.5. The summed E-state index contributed by atoms with van der Waals surface area (Å²) >= 11 is 0. The molecule has 0 saturated heterocycles. The number of para-hydroxylation sites is 1. The molecule has 0 atom stereocenters. The van der Waals surface area contributed by atoms with Gasteiger partial charge in [-0.2, -0.15) is 0 Å². The predicted molar refractivity (Wildman–Crippen MR) is 115 cm³/mol. The molecule has 0 saturated carbocycles. The number of ether oxygens (including phenoxy) is 1. The van der Waals surface area contributed by atoms with Crippen LogP contribution in [-0.2, 0) is 0 Å². The molecule has 3 aromatic rings. The van der Waals surface area contributed by atoms with Crippen LogP contribution in [0.1, 0.15) is 44.5 Å². The zero-order chi connectivity index (χ0) is 20.1. The predicted octanol–water partition coefficient (Wildman–Crippen LogP) is 5.47. The summed E-state index contributed by atoms with van der Waals surface area (Å²) in [6.45, 7) is 9.76. The summed E-state index contributed by atoms with van der Waals surface area (Å²) in [5.74, 6) is 0.766. The highest BCUT2D eigenvalue weighted by atomic mass is 16.5. The van der Waals surface area contributed by atoms with Crippen LogP contribution in [0.2, 0.25) is 0 Å². The van der Waals surface area contributed by atoms with Gasteiger partial charge in [0.25, 0.3) is 5.91 Å². The Kier molecular flexibility index (Phi) is 5.98. The zero-order valence-corrected chi connectivity index (χ0v) is 17.1. The minimum Gasteiger partial charge on any atom is -0.494 e. The number of nitrogens with zero attached hydrogens (tertiary/aromatic N) is 1. The van der Waals surface area contributed by atoms with Gasteiger partial charge in [0.1, 0.15) is 5.75 Å². The maximum Gasteiger partial charge on any atom is 0.252 e. The van der Waals surface area contributed by atoms with Crippen LogP contribution in [0.25, 0.3) is 22.2 Å². The Balaban J connectivity index is 1.94. The summed E-state index contributed by atoms with van der Waals surface area (Å²) in [4.78, 5) is 17.7. The fourth-order valence-electron chi connectivity index (χ4n) is 3.05. The van der Waals surface area contributed by atoms with Gasteiger partial charge >= 0.3 is 0 Å². The van der Waals surface area contributed by atoms with Gasteiger partial charge in [-0.15, -0.1) is 0 Å². The number of amides is 1. The Morgan fingerprint density at radius 2 is 1.79 bits per heavy atom. The standard InChI is InChI=1S/C24H28N2O2/c1-5-28-18-12-10-17(11-13-18)22-16-20(19-8-6-7-9-21(19)26-22)23(27)25-15-14-24(2,3)4/h6-13,16H,5,14-15H2,1-4H3,(H,25,27). The lowest BCUT2D eigenvalue weighted by Crippen LogP contribution is -2.27. The summed E-state index contributed by atoms with van der Waals surface area (Å²) in [5.41, 5.74) is 3.39. The van der Waals surface area contributed by atoms with Crippen molar-refractivity contribution in [3.8, 4) is 17.0 Å². The van der Waals surface area contributed by atoms with E-state index < -0.39 is 0 Å². The first-order valence-electron chi connectivity index (χ1n) is 9.78. The lowest BCUT2D eigenvalue weighted by molar-refractivity contribution is 0.0951. The zero-order valence-electron chi connectivity index (χ0n) is 17.1. The van der Waals surface area contributed by atoms with Crippen molar-refractivity contribution in [3.05, 3.63) is 60.2 Å². The molecular formula is C24H28N2O2. The van der Waals surface area contributed by atoms with Gasteiger partial charge in [-0.1, -0.05) is 39.0 Å². The molecule has 4 heteroatoms. The van der Waals surface area contributed by atoms with E-state index in [9.17, 15) is 4.79 Å². The minimum atomic E-state index is -0.0602. The van der Waals surface area contributed by atoms with Crippen LogP contribution in [0.15, 0.2) is 54.6 Å². The van der Waals surface area contributed by atoms with E-state index >= 15 is 0 Å². The Labute approximate surface area is 166 Å². The maximum atomic E-state index is 12.9. The molecule has 0 aliphatic rings. The van der Waals surface area contributed by atoms with Gasteiger partial charge in [0.05, 0.1) is 23.4 Å². The molecule has 0 fully saturated rings. The number of carbonyl (C=O) groups excluding carboxylic acids is 1. The SMILES string of the molecule is CCOc1ccc(-c2cc(C(=O)NCCC(C)(C)C)c3ccccc3n2)cc1. The van der Waals surface area contributed by atoms with Crippen LogP contribution in [0.4, 0.5) is 0 Å². The second-order valence-corrected chi connectivity index (χ2v) is 8.10. The van der Waals surface area contributed by atoms with Gasteiger partial charge in [0.15, 0.2) is 0 Å². The number of rotatable bonds is 6. The van der Waals surface area contributed by atoms with Crippen LogP contribution < -0.4 is 10.1 Å². The first-order chi connectivity index (χ1) is 13.4. The number of pyridine rings is 1. The van der Waals surface area contributed by atoms with E-state index in [1.54, 1.807) is 0 Å². The third kappa shape index (κ3) is 4.89. The Morgan fingerprint density at radius 3 is 2.46 bits per heavy atom. The summed E-state index contributed by atoms with van der Waals surface area (Å²) in [5, 5.41) is 3.93. The number of fused-ring (bicyclic) bond motifs is 1. The Bertz CT molecular complexity index is 956. The first-order valence-corrected chi connectivity index (χ1v) is 9.78. The van der Waals surface area contributed by atoms with Crippen molar-refractivity contribution in [3.63, 3.8) is 0 Å². The van der Waals surface area contributed by atoms with Gasteiger partial charge in [-0.05, 0) is 55.2 Å². The molecule has 1 N–H and O–H groups in total. The van der Waals surface area contributed by atoms with Crippen molar-refractivity contribution in [1.29, 1.82) is 0 Å². The maximum absolute atomic E-state index is 12.9. The quantitative estimate of drug-likeness (QED) is 0.621. The highest BCUT2D eigenvalue weighted by molar-refractivity contribution is 6.07. The van der Waals surface area contributed by atoms with Crippen molar-refractivity contribution in [1.82, 2.24) is 10.3 Å². The third-order valence-electron chi connectivity index (χ3n) is 4.58. The molecule has 2 aromatic carbocycles. The number of carbonyl (C=O) groups is 1. The number of nitrogens with one attached hydrogen (secondary N) is 1. The lowest BCUT2D eigenvalue weighted by atomic mass is 9.92. The monoisotopic (exact) mass is 376 g/mol. The smallest absolute Gasteiger partial charge is 0.252 e. The molecule has 0 spiro atoms. The topological polar surface area (TPSA) is 51.2 Å². The highest BCUT2D eigenvalue weighted by Crippen LogP contribution is 2.26. The first kappa shape index (κ1) is 19.9. The van der Waals surface area contributed by atoms with E-state index in [0.717, 1.165) is 34.3 Å². The highest BCUT2D eigenvalue weighted by Gasteiger charge is 2.15. The minimum absolute atomic E-state index is 0.0602. The van der Waals surface area contributed by atoms with E-state index in [0.29, 0.717) is 18.7 Å². The van der Waals surface area contributed by atoms with E-state index in [-0.39, 0.29) is 11.3 Å². The average molecular weight is 377 g/mol. The van der Waals surface area contributed by atoms with Crippen LogP contribution in [0.3, 0.4) is 0 Å². The molecule has 0 radical (unpaired) electrons. The molecule has 1 heterocycles. The van der Waals surface area contributed by atoms with Crippen molar-refractivity contribution >= 4 is 16.8 Å². The van der Waals surface area contributed by atoms with Crippen LogP contribution in [0.5, 0.6) is 5.75 Å². The third-order valence-corrected chi connectivity index (χ3v) is 4.58. The second-order valence-electron chi connectivity index (χ2n) is 8.10. The van der Waals surface area contributed by atoms with Crippen molar-refractivity contribution in [2.24, 2.45) is 5.41 Å². The average Bonchev–Trinajstić information content (AvgIpc) is 2.67. The van der Waals surface area contributed by atoms with Gasteiger partial charge < -0.3 is 10.1 Å². The van der Waals surface area contributed by atoms with Gasteiger partial charge in [0, 0.05) is 17.5 Å². The van der Waals surface area contributed by atoms with Gasteiger partial charge in [0.2, 0.25) is 0 Å². The van der Waals surface area contributed by atoms with Crippen LogP contribution in [-0.4, -0.2) is 24.0 Å². The van der Waals surface area contributed by atoms with Crippen molar-refractivity contribution < 1.29 is 9.53 Å². The molecule has 1 aromatic heterocycles. The molecule has 146 valence electrons. The number of aromatic nitrogens is 1. The summed E-state index contributed by atoms with van der Waals surface area (Å²) in [7, 11) is 0. The molecule has 0 aliphatic heterocycles. The molecule has 1 amide bonds. The fourth-order valence-corrected chi connectivity index (χ4v) is 3.05. The van der Waals surface area contributed by atoms with Gasteiger partial charge in [-0.25, -0.2) is 4.98 Å². The molecule has 3 rings (SSSR count). The van der Waals surface area contributed by atoms with Crippen molar-refractivity contribution in [2.45, 2.75) is 34.1 Å². The largest absolute Gasteiger partial charge is 0.494 e. The van der Waals surface area contributed by atoms with Gasteiger partial charge in [-0.3, -0.25) is 4.79 Å². The Hall–Kier alpha value is -2.88. The van der Waals surface area contributed by atoms with Crippen LogP contribution in [0, 0.1) is 5.41 Å². The van der Waals surface area contributed by atoms with E-state index in [2.05, 4.69) is 26.1 Å². The normalized spacial score (nSPS) is 11.4. The molecular weight excluding hydrogens is 348 g/mol. The lowest BCUT2D eigenvalue weighted by Gasteiger charge is -2.18. The van der Waals surface area contributed by atoms with E-state index in [4.69, 9.17) is 9.72 Å². The number of hydrogen-bond acceptors (Lipinski definition) is 3. The fraction of sp³-hybridized carbons (Fsp3) is 0.333. The summed E-state index contributed by atoms with van der Waals surface area (Å²) < 4.78 is 5.52. The molecule has 4 nitrogen and oxygen atoms in total.